The molecule has 6 nitrogen and oxygen atoms in total. The van der Waals surface area contributed by atoms with Crippen molar-refractivity contribution in [2.45, 2.75) is 26.2 Å². The van der Waals surface area contributed by atoms with Crippen molar-refractivity contribution in [2.75, 3.05) is 31.6 Å². The minimum Gasteiger partial charge on any atom is -0.496 e. The van der Waals surface area contributed by atoms with Crippen LogP contribution in [-0.4, -0.2) is 42.6 Å². The average molecular weight is 354 g/mol. The number of hydrogen-bond acceptors (Lipinski definition) is 5. The molecule has 0 aliphatic carbocycles. The van der Waals surface area contributed by atoms with E-state index in [0.29, 0.717) is 19.0 Å². The summed E-state index contributed by atoms with van der Waals surface area (Å²) in [4.78, 5) is 23.3. The van der Waals surface area contributed by atoms with Crippen LogP contribution in [0, 0.1) is 12.8 Å². The number of nitrogens with one attached hydrogen (secondary N) is 1. The summed E-state index contributed by atoms with van der Waals surface area (Å²) in [6.45, 7) is 4.23. The van der Waals surface area contributed by atoms with E-state index in [1.165, 1.54) is 5.56 Å². The summed E-state index contributed by atoms with van der Waals surface area (Å²) in [7, 11) is 1.68. The quantitative estimate of drug-likeness (QED) is 0.863. The van der Waals surface area contributed by atoms with Gasteiger partial charge in [-0.3, -0.25) is 4.79 Å². The van der Waals surface area contributed by atoms with Crippen molar-refractivity contribution < 1.29 is 9.53 Å². The van der Waals surface area contributed by atoms with E-state index < -0.39 is 0 Å². The van der Waals surface area contributed by atoms with Crippen LogP contribution in [0.4, 0.5) is 5.95 Å². The third-order valence-corrected chi connectivity index (χ3v) is 4.76. The van der Waals surface area contributed by atoms with Gasteiger partial charge in [-0.05, 0) is 43.9 Å². The number of piperidine rings is 1. The number of methoxy groups -OCH3 is 1. The minimum atomic E-state index is -0.0213. The van der Waals surface area contributed by atoms with Crippen LogP contribution in [0.25, 0.3) is 0 Å². The monoisotopic (exact) mass is 354 g/mol. The molecule has 1 N–H and O–H groups in total. The summed E-state index contributed by atoms with van der Waals surface area (Å²) in [6.07, 6.45) is 6.11. The van der Waals surface area contributed by atoms with Crippen molar-refractivity contribution in [3.8, 4) is 5.75 Å². The topological polar surface area (TPSA) is 67.3 Å². The Kier molecular flexibility index (Phi) is 6.04. The van der Waals surface area contributed by atoms with Gasteiger partial charge in [-0.25, -0.2) is 9.97 Å². The van der Waals surface area contributed by atoms with E-state index in [2.05, 4.69) is 33.2 Å². The predicted molar refractivity (Wildman–Crippen MR) is 101 cm³/mol. The molecule has 2 heterocycles. The number of carbonyl (C=O) groups excluding carboxylic acids is 1. The second-order valence-corrected chi connectivity index (χ2v) is 6.69. The second-order valence-electron chi connectivity index (χ2n) is 6.69. The molecule has 1 fully saturated rings. The third-order valence-electron chi connectivity index (χ3n) is 4.76. The van der Waals surface area contributed by atoms with Crippen LogP contribution >= 0.6 is 0 Å². The molecular weight excluding hydrogens is 328 g/mol. The summed E-state index contributed by atoms with van der Waals surface area (Å²) in [5.41, 5.74) is 2.31. The van der Waals surface area contributed by atoms with Gasteiger partial charge in [-0.2, -0.15) is 0 Å². The number of hydrogen-bond donors (Lipinski definition) is 1. The number of aryl methyl sites for hydroxylation is 1. The summed E-state index contributed by atoms with van der Waals surface area (Å²) in [5, 5.41) is 3.08. The Morgan fingerprint density at radius 1 is 1.35 bits per heavy atom. The van der Waals surface area contributed by atoms with E-state index in [-0.39, 0.29) is 11.8 Å². The van der Waals surface area contributed by atoms with Crippen LogP contribution in [0.3, 0.4) is 0 Å². The first-order valence-electron chi connectivity index (χ1n) is 9.10. The van der Waals surface area contributed by atoms with E-state index in [0.717, 1.165) is 37.1 Å². The van der Waals surface area contributed by atoms with Gasteiger partial charge in [0.2, 0.25) is 11.9 Å². The highest BCUT2D eigenvalue weighted by Gasteiger charge is 2.26. The smallest absolute Gasteiger partial charge is 0.225 e. The second kappa shape index (κ2) is 8.65. The Balaban J connectivity index is 1.53. The molecule has 0 radical (unpaired) electrons. The van der Waals surface area contributed by atoms with Gasteiger partial charge in [0, 0.05) is 32.0 Å². The lowest BCUT2D eigenvalue weighted by Crippen LogP contribution is -2.44. The third kappa shape index (κ3) is 4.50. The fourth-order valence-electron chi connectivity index (χ4n) is 3.39. The number of benzene rings is 1. The van der Waals surface area contributed by atoms with E-state index in [1.54, 1.807) is 25.6 Å². The fourth-order valence-corrected chi connectivity index (χ4v) is 3.39. The van der Waals surface area contributed by atoms with Gasteiger partial charge in [-0.1, -0.05) is 17.7 Å². The molecule has 1 aromatic heterocycles. The van der Waals surface area contributed by atoms with Gasteiger partial charge in [0.05, 0.1) is 13.0 Å². The molecule has 1 aromatic carbocycles. The first-order valence-corrected chi connectivity index (χ1v) is 9.10. The Morgan fingerprint density at radius 2 is 2.15 bits per heavy atom. The zero-order valence-electron chi connectivity index (χ0n) is 15.4. The molecule has 1 saturated heterocycles. The summed E-state index contributed by atoms with van der Waals surface area (Å²) in [6, 6.07) is 7.92. The van der Waals surface area contributed by atoms with Crippen LogP contribution < -0.4 is 15.0 Å². The largest absolute Gasteiger partial charge is 0.496 e. The molecule has 6 heteroatoms. The Morgan fingerprint density at radius 3 is 2.92 bits per heavy atom. The van der Waals surface area contributed by atoms with E-state index in [4.69, 9.17) is 4.74 Å². The molecule has 26 heavy (non-hydrogen) atoms. The van der Waals surface area contributed by atoms with Crippen LogP contribution in [0.5, 0.6) is 5.75 Å². The molecule has 1 aliphatic rings. The average Bonchev–Trinajstić information content (AvgIpc) is 2.69. The Labute approximate surface area is 154 Å². The molecular formula is C20H26N4O2. The van der Waals surface area contributed by atoms with Crippen molar-refractivity contribution in [1.82, 2.24) is 15.3 Å². The van der Waals surface area contributed by atoms with Gasteiger partial charge < -0.3 is 15.0 Å². The molecule has 1 unspecified atom stereocenters. The highest BCUT2D eigenvalue weighted by molar-refractivity contribution is 5.79. The molecule has 2 aromatic rings. The molecule has 1 aliphatic heterocycles. The lowest BCUT2D eigenvalue weighted by Gasteiger charge is -2.31. The zero-order valence-corrected chi connectivity index (χ0v) is 15.4. The zero-order chi connectivity index (χ0) is 18.4. The number of anilines is 1. The van der Waals surface area contributed by atoms with Crippen molar-refractivity contribution in [2.24, 2.45) is 5.92 Å². The normalized spacial score (nSPS) is 17.0. The maximum absolute atomic E-state index is 12.6. The predicted octanol–water partition coefficient (Wildman–Crippen LogP) is 2.37. The number of amides is 1. The van der Waals surface area contributed by atoms with E-state index in [9.17, 15) is 4.79 Å². The molecule has 138 valence electrons. The van der Waals surface area contributed by atoms with Crippen LogP contribution in [-0.2, 0) is 11.2 Å². The maximum Gasteiger partial charge on any atom is 0.225 e. The van der Waals surface area contributed by atoms with E-state index in [1.807, 2.05) is 12.1 Å². The standard InChI is InChI=1S/C20H26N4O2/c1-15-6-7-18(26-2)16(13-15)8-11-21-19(25)17-5-3-12-24(14-17)20-22-9-4-10-23-20/h4,6-7,9-10,13,17H,3,5,8,11-12,14H2,1-2H3,(H,21,25). The van der Waals surface area contributed by atoms with Gasteiger partial charge >= 0.3 is 0 Å². The minimum absolute atomic E-state index is 0.0213. The highest BCUT2D eigenvalue weighted by Crippen LogP contribution is 2.21. The van der Waals surface area contributed by atoms with E-state index >= 15 is 0 Å². The Hall–Kier alpha value is -2.63. The maximum atomic E-state index is 12.6. The number of ether oxygens (including phenoxy) is 1. The van der Waals surface area contributed by atoms with Gasteiger partial charge in [0.25, 0.3) is 0 Å². The molecule has 0 saturated carbocycles. The summed E-state index contributed by atoms with van der Waals surface area (Å²) >= 11 is 0. The lowest BCUT2D eigenvalue weighted by atomic mass is 9.97. The van der Waals surface area contributed by atoms with Crippen LogP contribution in [0.1, 0.15) is 24.0 Å². The van der Waals surface area contributed by atoms with Crippen molar-refractivity contribution >= 4 is 11.9 Å². The highest BCUT2D eigenvalue weighted by atomic mass is 16.5. The number of rotatable bonds is 6. The lowest BCUT2D eigenvalue weighted by molar-refractivity contribution is -0.125. The molecule has 0 bridgehead atoms. The number of nitrogens with zero attached hydrogens (tertiary/aromatic N) is 3. The molecule has 0 spiro atoms. The SMILES string of the molecule is COc1ccc(C)cc1CCNC(=O)C1CCCN(c2ncccn2)C1. The van der Waals surface area contributed by atoms with Crippen molar-refractivity contribution in [3.05, 3.63) is 47.8 Å². The van der Waals surface area contributed by atoms with Gasteiger partial charge in [0.15, 0.2) is 0 Å². The van der Waals surface area contributed by atoms with Gasteiger partial charge in [0.1, 0.15) is 5.75 Å². The summed E-state index contributed by atoms with van der Waals surface area (Å²) in [5.74, 6) is 1.66. The summed E-state index contributed by atoms with van der Waals surface area (Å²) < 4.78 is 5.40. The van der Waals surface area contributed by atoms with Crippen LogP contribution in [0.2, 0.25) is 0 Å². The Bertz CT molecular complexity index is 736. The van der Waals surface area contributed by atoms with Gasteiger partial charge in [-0.15, -0.1) is 0 Å². The van der Waals surface area contributed by atoms with Crippen molar-refractivity contribution in [1.29, 1.82) is 0 Å². The van der Waals surface area contributed by atoms with Crippen molar-refractivity contribution in [3.63, 3.8) is 0 Å². The molecule has 3 rings (SSSR count). The van der Waals surface area contributed by atoms with Crippen LogP contribution in [0.15, 0.2) is 36.7 Å². The number of aromatic nitrogens is 2. The molecule has 1 atom stereocenters. The fraction of sp³-hybridized carbons (Fsp3) is 0.450. The first-order chi connectivity index (χ1) is 12.7. The molecule has 1 amide bonds. The first kappa shape index (κ1) is 18.2. The number of carbonyl (C=O) groups is 1.